The molecule has 0 spiro atoms. The van der Waals surface area contributed by atoms with Crippen LogP contribution in [0.15, 0.2) is 197 Å². The third-order valence-corrected chi connectivity index (χ3v) is 18.6. The number of aromatic amines is 3. The molecular weight excluding hydrogens is 1270 g/mol. The number of sulfonamides is 3. The Labute approximate surface area is 527 Å². The second-order valence-electron chi connectivity index (χ2n) is 20.3. The molecule has 12 aromatic rings. The first-order valence-electron chi connectivity index (χ1n) is 27.7. The molecule has 0 radical (unpaired) electrons. The first-order valence-corrected chi connectivity index (χ1v) is 32.2. The van der Waals surface area contributed by atoms with E-state index in [9.17, 15) is 60.4 Å². The first kappa shape index (κ1) is 65.7. The van der Waals surface area contributed by atoms with Gasteiger partial charge in [-0.25, -0.2) is 76.3 Å². The van der Waals surface area contributed by atoms with Crippen molar-refractivity contribution in [3.8, 4) is 33.4 Å². The van der Waals surface area contributed by atoms with Crippen LogP contribution in [0.25, 0.3) is 103 Å². The van der Waals surface area contributed by atoms with E-state index in [1.165, 1.54) is 57.6 Å². The van der Waals surface area contributed by atoms with Gasteiger partial charge in [0.1, 0.15) is 34.9 Å². The lowest BCUT2D eigenvalue weighted by atomic mass is 10.1. The molecule has 0 saturated heterocycles. The Morgan fingerprint density at radius 1 is 0.376 bits per heavy atom. The fourth-order valence-corrected chi connectivity index (χ4v) is 12.6. The largest absolute Gasteiger partial charge is 0.417 e. The predicted molar refractivity (Wildman–Crippen MR) is 344 cm³/mol. The number of halogens is 8. The molecule has 0 amide bonds. The van der Waals surface area contributed by atoms with E-state index in [0.29, 0.717) is 89.8 Å². The molecule has 0 fully saturated rings. The monoisotopic (exact) mass is 1330 g/mol. The van der Waals surface area contributed by atoms with Gasteiger partial charge in [0.15, 0.2) is 11.6 Å². The second kappa shape index (κ2) is 27.3. The number of nitrogens with zero attached hydrogens (tertiary/aromatic N) is 3. The van der Waals surface area contributed by atoms with Crippen LogP contribution in [0, 0.1) is 29.1 Å². The minimum Gasteiger partial charge on any atom is -0.338 e. The van der Waals surface area contributed by atoms with E-state index in [1.807, 2.05) is 12.1 Å². The van der Waals surface area contributed by atoms with Crippen molar-refractivity contribution < 1.29 is 60.4 Å². The minimum atomic E-state index is -4.70. The summed E-state index contributed by atoms with van der Waals surface area (Å²) in [5.74, 6) is -2.78. The van der Waals surface area contributed by atoms with Gasteiger partial charge in [-0.1, -0.05) is 103 Å². The van der Waals surface area contributed by atoms with Gasteiger partial charge in [-0.15, -0.1) is 0 Å². The van der Waals surface area contributed by atoms with Gasteiger partial charge >= 0.3 is 6.18 Å². The van der Waals surface area contributed by atoms with E-state index >= 15 is 0 Å². The Kier molecular flexibility index (Phi) is 19.3. The molecule has 6 N–H and O–H groups in total. The lowest BCUT2D eigenvalue weighted by Gasteiger charge is -2.10. The van der Waals surface area contributed by atoms with Gasteiger partial charge in [0.05, 0.1) is 53.4 Å². The summed E-state index contributed by atoms with van der Waals surface area (Å²) in [7, 11) is -6.86. The molecule has 0 aliphatic heterocycles. The minimum absolute atomic E-state index is 0.113. The molecule has 0 aliphatic rings. The fraction of sp³-hybridized carbons (Fsp3) is 0.0597. The van der Waals surface area contributed by atoms with Gasteiger partial charge < -0.3 is 15.0 Å². The smallest absolute Gasteiger partial charge is 0.338 e. The summed E-state index contributed by atoms with van der Waals surface area (Å²) in [6.45, 7) is 0. The summed E-state index contributed by atoms with van der Waals surface area (Å²) in [5, 5.41) is 0. The molecule has 93 heavy (non-hydrogen) atoms. The molecule has 9 aromatic carbocycles. The zero-order valence-electron chi connectivity index (χ0n) is 48.8. The van der Waals surface area contributed by atoms with Crippen molar-refractivity contribution in [1.82, 2.24) is 44.1 Å². The van der Waals surface area contributed by atoms with Crippen LogP contribution in [0.3, 0.4) is 0 Å². The maximum Gasteiger partial charge on any atom is 0.417 e. The Balaban J connectivity index is 0.000000153. The van der Waals surface area contributed by atoms with Gasteiger partial charge in [0.2, 0.25) is 30.1 Å². The van der Waals surface area contributed by atoms with Crippen LogP contribution in [-0.4, -0.2) is 76.3 Å². The molecule has 26 heteroatoms. The van der Waals surface area contributed by atoms with Crippen molar-refractivity contribution >= 4 is 99.6 Å². The van der Waals surface area contributed by atoms with Gasteiger partial charge in [0.25, 0.3) is 0 Å². The fourth-order valence-electron chi connectivity index (χ4n) is 9.70. The quantitative estimate of drug-likeness (QED) is 0.0536. The Hall–Kier alpha value is -10.2. The molecule has 0 aliphatic carbocycles. The van der Waals surface area contributed by atoms with E-state index in [4.69, 9.17) is 0 Å². The normalized spacial score (nSPS) is 12.3. The molecular formula is C67H51F8N9O6S3. The number of alkyl halides is 3. The van der Waals surface area contributed by atoms with Crippen molar-refractivity contribution in [1.29, 1.82) is 0 Å². The van der Waals surface area contributed by atoms with Crippen LogP contribution in [-0.2, 0) is 36.2 Å². The summed E-state index contributed by atoms with van der Waals surface area (Å²) in [6.07, 6.45) is 4.32. The third kappa shape index (κ3) is 15.4. The maximum absolute atomic E-state index is 13.3. The van der Waals surface area contributed by atoms with E-state index in [1.54, 1.807) is 133 Å². The van der Waals surface area contributed by atoms with Crippen molar-refractivity contribution in [3.63, 3.8) is 0 Å². The van der Waals surface area contributed by atoms with Crippen molar-refractivity contribution in [2.45, 2.75) is 20.9 Å². The van der Waals surface area contributed by atoms with Crippen LogP contribution in [0.1, 0.15) is 39.7 Å². The highest BCUT2D eigenvalue weighted by molar-refractivity contribution is 7.90. The SMILES string of the molecule is CNS(=O)(=O)c1ccccc1-c1ccc2nc(/C=C/c3cc(F)cc(F)c3)[nH]c2c1.CNS(=O)(=O)c1ccccc1-c1ccc2nc(/C=C/c3ccc(F)c(F)c3)[nH]c2c1.CNS(=O)(=O)c1ccccc1-c1ccc2nc(/C=C/c3ccc(F)cc3C(F)(F)F)[nH]c2c1. The van der Waals surface area contributed by atoms with Crippen LogP contribution in [0.2, 0.25) is 0 Å². The van der Waals surface area contributed by atoms with E-state index in [-0.39, 0.29) is 26.1 Å². The van der Waals surface area contributed by atoms with Crippen molar-refractivity contribution in [2.75, 3.05) is 21.1 Å². The lowest BCUT2D eigenvalue weighted by Crippen LogP contribution is -2.19. The molecule has 15 nitrogen and oxygen atoms in total. The van der Waals surface area contributed by atoms with Gasteiger partial charge in [-0.05, 0) is 164 Å². The molecule has 3 aromatic heterocycles. The van der Waals surface area contributed by atoms with Crippen LogP contribution in [0.5, 0.6) is 0 Å². The summed E-state index contributed by atoms with van der Waals surface area (Å²) in [6, 6.07) is 45.2. The van der Waals surface area contributed by atoms with Gasteiger partial charge in [-0.3, -0.25) is 0 Å². The molecule has 3 heterocycles. The Morgan fingerprint density at radius 3 is 1.15 bits per heavy atom. The van der Waals surface area contributed by atoms with E-state index in [0.717, 1.165) is 35.9 Å². The Bertz CT molecular complexity index is 5240. The van der Waals surface area contributed by atoms with Crippen molar-refractivity contribution in [2.24, 2.45) is 0 Å². The summed E-state index contributed by atoms with van der Waals surface area (Å²) in [4.78, 5) is 23.0. The average Bonchev–Trinajstić information content (AvgIpc) is 1.80. The zero-order valence-corrected chi connectivity index (χ0v) is 51.3. The number of aromatic nitrogens is 6. The Morgan fingerprint density at radius 2 is 0.763 bits per heavy atom. The molecule has 0 bridgehead atoms. The van der Waals surface area contributed by atoms with Gasteiger partial charge in [0, 0.05) is 22.8 Å². The average molecular weight is 1330 g/mol. The molecule has 0 atom stereocenters. The van der Waals surface area contributed by atoms with Crippen LogP contribution in [0.4, 0.5) is 35.1 Å². The van der Waals surface area contributed by atoms with Crippen LogP contribution < -0.4 is 14.2 Å². The highest BCUT2D eigenvalue weighted by atomic mass is 32.2. The number of nitrogens with one attached hydrogen (secondary N) is 6. The summed E-state index contributed by atoms with van der Waals surface area (Å²) < 4.78 is 187. The van der Waals surface area contributed by atoms with E-state index in [2.05, 4.69) is 44.1 Å². The van der Waals surface area contributed by atoms with Crippen LogP contribution >= 0.6 is 0 Å². The van der Waals surface area contributed by atoms with E-state index < -0.39 is 70.9 Å². The predicted octanol–water partition coefficient (Wildman–Crippen LogP) is 14.6. The number of H-pyrrole nitrogens is 3. The molecule has 0 unspecified atom stereocenters. The number of hydrogen-bond donors (Lipinski definition) is 6. The summed E-state index contributed by atoms with van der Waals surface area (Å²) in [5.41, 5.74) is 7.17. The highest BCUT2D eigenvalue weighted by Crippen LogP contribution is 2.35. The highest BCUT2D eigenvalue weighted by Gasteiger charge is 2.33. The molecule has 12 rings (SSSR count). The molecule has 474 valence electrons. The number of fused-ring (bicyclic) bond motifs is 3. The van der Waals surface area contributed by atoms with Gasteiger partial charge in [-0.2, -0.15) is 13.2 Å². The standard InChI is InChI=1S/C23H17F4N3O2S.2C22H17F2N3O2S/c1-28-33(31,32)21-5-3-2-4-17(21)15-7-10-19-20(12-15)30-22(29-19)11-8-14-6-9-16(24)13-18(14)23(25,26)27;1-25-30(28,29)21-5-3-2-4-16(21)15-8-10-19-20(13-15)27-22(26-19)11-7-14-6-9-17(23)18(24)12-14;1-25-30(28,29)21-5-3-2-4-18(21)15-7-8-19-20(12-15)27-22(26-19)9-6-14-10-16(23)13-17(24)11-14/h2-13,28H,1H3,(H,29,30);2*2-13,25H,1H3,(H,26,27)/b11-8+;11-7+;9-6+. The summed E-state index contributed by atoms with van der Waals surface area (Å²) >= 11 is 0. The second-order valence-corrected chi connectivity index (χ2v) is 25.8. The lowest BCUT2D eigenvalue weighted by molar-refractivity contribution is -0.137. The molecule has 0 saturated carbocycles. The van der Waals surface area contributed by atoms with Crippen molar-refractivity contribution in [3.05, 3.63) is 251 Å². The number of benzene rings is 9. The number of hydrogen-bond acceptors (Lipinski definition) is 9. The zero-order chi connectivity index (χ0) is 66.4. The first-order chi connectivity index (χ1) is 44.3. The topological polar surface area (TPSA) is 225 Å². The number of imidazole rings is 3. The number of rotatable bonds is 15. The maximum atomic E-state index is 13.3. The third-order valence-electron chi connectivity index (χ3n) is 14.2.